The summed E-state index contributed by atoms with van der Waals surface area (Å²) in [5, 5.41) is 5.62. The van der Waals surface area contributed by atoms with Gasteiger partial charge in [-0.15, -0.1) is 11.3 Å². The number of aryl methyl sites for hydroxylation is 2. The van der Waals surface area contributed by atoms with E-state index in [1.807, 2.05) is 40.0 Å². The minimum Gasteiger partial charge on any atom is -0.463 e. The number of amides is 1. The fourth-order valence-electron chi connectivity index (χ4n) is 3.48. The number of rotatable bonds is 9. The molecule has 0 aliphatic heterocycles. The molecule has 2 aromatic heterocycles. The first-order valence-electron chi connectivity index (χ1n) is 11.7. The molecule has 3 rings (SSSR count). The highest BCUT2D eigenvalue weighted by Crippen LogP contribution is 2.25. The Balaban J connectivity index is 1.57. The number of fused-ring (bicyclic) bond motifs is 1. The maximum absolute atomic E-state index is 13.1. The molecule has 35 heavy (non-hydrogen) atoms. The normalized spacial score (nSPS) is 11.5. The van der Waals surface area contributed by atoms with Crippen LogP contribution < -0.4 is 10.7 Å². The van der Waals surface area contributed by atoms with Crippen molar-refractivity contribution in [2.75, 3.05) is 13.2 Å². The van der Waals surface area contributed by atoms with Crippen molar-refractivity contribution in [2.45, 2.75) is 65.9 Å². The third-order valence-corrected chi connectivity index (χ3v) is 6.16. The SMILES string of the molecule is CCc1cc2c(=O)c(-c3nc(C)cs3)coc2cc1C(=O)OCCCCCNC(=O)OC(C)(C)C. The van der Waals surface area contributed by atoms with Crippen LogP contribution in [0.15, 0.2) is 33.0 Å². The van der Waals surface area contributed by atoms with Gasteiger partial charge in [0.15, 0.2) is 0 Å². The van der Waals surface area contributed by atoms with Gasteiger partial charge in [-0.2, -0.15) is 0 Å². The number of alkyl carbamates (subject to hydrolysis) is 1. The Kier molecular flexibility index (Phi) is 8.67. The average molecular weight is 501 g/mol. The van der Waals surface area contributed by atoms with Gasteiger partial charge < -0.3 is 19.2 Å². The molecule has 0 spiro atoms. The Hall–Kier alpha value is -3.20. The Morgan fingerprint density at radius 2 is 1.94 bits per heavy atom. The molecule has 0 unspecified atom stereocenters. The van der Waals surface area contributed by atoms with E-state index in [-0.39, 0.29) is 12.0 Å². The lowest BCUT2D eigenvalue weighted by molar-refractivity contribution is 0.0496. The summed E-state index contributed by atoms with van der Waals surface area (Å²) in [6, 6.07) is 3.30. The molecule has 2 heterocycles. The summed E-state index contributed by atoms with van der Waals surface area (Å²) in [4.78, 5) is 41.8. The standard InChI is InChI=1S/C26H32N2O6S/c1-6-17-12-19-21(33-14-20(22(19)29)23-28-16(2)15-35-23)13-18(17)24(30)32-11-9-7-8-10-27-25(31)34-26(3,4)5/h12-15H,6-11H2,1-5H3,(H,27,31). The fourth-order valence-corrected chi connectivity index (χ4v) is 4.28. The average Bonchev–Trinajstić information content (AvgIpc) is 3.22. The highest BCUT2D eigenvalue weighted by molar-refractivity contribution is 7.13. The molecule has 0 fully saturated rings. The number of hydrogen-bond acceptors (Lipinski definition) is 8. The molecule has 0 saturated heterocycles. The van der Waals surface area contributed by atoms with Crippen molar-refractivity contribution in [1.82, 2.24) is 10.3 Å². The van der Waals surface area contributed by atoms with Crippen LogP contribution in [0.3, 0.4) is 0 Å². The number of thiazole rings is 1. The second-order valence-electron chi connectivity index (χ2n) is 9.26. The molecule has 8 nitrogen and oxygen atoms in total. The molecule has 1 amide bonds. The Morgan fingerprint density at radius 3 is 2.60 bits per heavy atom. The highest BCUT2D eigenvalue weighted by atomic mass is 32.1. The summed E-state index contributed by atoms with van der Waals surface area (Å²) in [6.45, 7) is 9.99. The number of nitrogens with zero attached hydrogens (tertiary/aromatic N) is 1. The number of carbonyl (C=O) groups excluding carboxylic acids is 2. The van der Waals surface area contributed by atoms with Crippen molar-refractivity contribution < 1.29 is 23.5 Å². The number of benzene rings is 1. The quantitative estimate of drug-likeness (QED) is 0.299. The first kappa shape index (κ1) is 26.4. The van der Waals surface area contributed by atoms with Gasteiger partial charge in [-0.25, -0.2) is 14.6 Å². The van der Waals surface area contributed by atoms with Crippen LogP contribution in [0.2, 0.25) is 0 Å². The Bertz CT molecular complexity index is 1250. The van der Waals surface area contributed by atoms with Crippen LogP contribution in [-0.2, 0) is 15.9 Å². The van der Waals surface area contributed by atoms with Crippen LogP contribution in [-0.4, -0.2) is 35.8 Å². The Morgan fingerprint density at radius 1 is 1.17 bits per heavy atom. The summed E-state index contributed by atoms with van der Waals surface area (Å²) in [6.07, 6.45) is 3.73. The zero-order valence-electron chi connectivity index (χ0n) is 20.9. The smallest absolute Gasteiger partial charge is 0.407 e. The molecular weight excluding hydrogens is 468 g/mol. The zero-order chi connectivity index (χ0) is 25.6. The molecule has 188 valence electrons. The van der Waals surface area contributed by atoms with Crippen molar-refractivity contribution in [3.8, 4) is 10.6 Å². The van der Waals surface area contributed by atoms with Gasteiger partial charge in [-0.3, -0.25) is 4.79 Å². The van der Waals surface area contributed by atoms with Gasteiger partial charge >= 0.3 is 12.1 Å². The van der Waals surface area contributed by atoms with Gasteiger partial charge in [-0.1, -0.05) is 6.92 Å². The Labute approximate surface area is 208 Å². The predicted molar refractivity (Wildman–Crippen MR) is 136 cm³/mol. The topological polar surface area (TPSA) is 108 Å². The van der Waals surface area contributed by atoms with E-state index in [1.165, 1.54) is 17.6 Å². The van der Waals surface area contributed by atoms with E-state index in [2.05, 4.69) is 10.3 Å². The maximum atomic E-state index is 13.1. The molecule has 3 aromatic rings. The van der Waals surface area contributed by atoms with E-state index >= 15 is 0 Å². The minimum absolute atomic E-state index is 0.171. The molecule has 9 heteroatoms. The van der Waals surface area contributed by atoms with Crippen LogP contribution >= 0.6 is 11.3 Å². The molecule has 1 aromatic carbocycles. The number of esters is 1. The second kappa shape index (κ2) is 11.5. The predicted octanol–water partition coefficient (Wildman–Crippen LogP) is 5.64. The van der Waals surface area contributed by atoms with Gasteiger partial charge in [0.1, 0.15) is 22.5 Å². The van der Waals surface area contributed by atoms with E-state index in [9.17, 15) is 14.4 Å². The maximum Gasteiger partial charge on any atom is 0.407 e. The summed E-state index contributed by atoms with van der Waals surface area (Å²) in [7, 11) is 0. The third kappa shape index (κ3) is 7.14. The molecule has 0 bridgehead atoms. The summed E-state index contributed by atoms with van der Waals surface area (Å²) in [5.74, 6) is -0.446. The van der Waals surface area contributed by atoms with Crippen molar-refractivity contribution >= 4 is 34.4 Å². The van der Waals surface area contributed by atoms with E-state index in [0.29, 0.717) is 46.5 Å². The second-order valence-corrected chi connectivity index (χ2v) is 10.1. The lowest BCUT2D eigenvalue weighted by Crippen LogP contribution is -2.33. The number of aromatic nitrogens is 1. The van der Waals surface area contributed by atoms with Crippen molar-refractivity contribution in [2.24, 2.45) is 0 Å². The lowest BCUT2D eigenvalue weighted by atomic mass is 10.0. The number of unbranched alkanes of at least 4 members (excludes halogenated alkanes) is 2. The van der Waals surface area contributed by atoms with E-state index in [0.717, 1.165) is 24.1 Å². The van der Waals surface area contributed by atoms with Gasteiger partial charge in [0, 0.05) is 17.6 Å². The molecule has 0 aliphatic rings. The van der Waals surface area contributed by atoms with Crippen LogP contribution in [0.5, 0.6) is 0 Å². The van der Waals surface area contributed by atoms with E-state index in [1.54, 1.807) is 12.1 Å². The largest absolute Gasteiger partial charge is 0.463 e. The van der Waals surface area contributed by atoms with Gasteiger partial charge in [0.05, 0.1) is 23.1 Å². The number of ether oxygens (including phenoxy) is 2. The zero-order valence-corrected chi connectivity index (χ0v) is 21.7. The molecule has 0 aliphatic carbocycles. The summed E-state index contributed by atoms with van der Waals surface area (Å²) >= 11 is 1.39. The minimum atomic E-state index is -0.524. The lowest BCUT2D eigenvalue weighted by Gasteiger charge is -2.19. The van der Waals surface area contributed by atoms with Crippen LogP contribution in [0.4, 0.5) is 4.79 Å². The van der Waals surface area contributed by atoms with Gasteiger partial charge in [0.25, 0.3) is 0 Å². The molecule has 1 N–H and O–H groups in total. The molecule has 0 saturated carbocycles. The highest BCUT2D eigenvalue weighted by Gasteiger charge is 2.18. The third-order valence-electron chi connectivity index (χ3n) is 5.17. The summed E-state index contributed by atoms with van der Waals surface area (Å²) < 4.78 is 16.4. The van der Waals surface area contributed by atoms with Crippen LogP contribution in [0.25, 0.3) is 21.5 Å². The van der Waals surface area contributed by atoms with Gasteiger partial charge in [0.2, 0.25) is 5.43 Å². The number of carbonyl (C=O) groups is 2. The molecule has 0 radical (unpaired) electrons. The van der Waals surface area contributed by atoms with E-state index < -0.39 is 17.7 Å². The summed E-state index contributed by atoms with van der Waals surface area (Å²) in [5.41, 5.74) is 2.02. The van der Waals surface area contributed by atoms with Crippen LogP contribution in [0, 0.1) is 6.92 Å². The van der Waals surface area contributed by atoms with Crippen molar-refractivity contribution in [3.63, 3.8) is 0 Å². The van der Waals surface area contributed by atoms with Gasteiger partial charge in [-0.05, 0) is 71.1 Å². The van der Waals surface area contributed by atoms with Crippen LogP contribution in [0.1, 0.15) is 68.6 Å². The fraction of sp³-hybridized carbons (Fsp3) is 0.462. The van der Waals surface area contributed by atoms with Crippen molar-refractivity contribution in [3.05, 3.63) is 50.8 Å². The molecular formula is C26H32N2O6S. The van der Waals surface area contributed by atoms with E-state index in [4.69, 9.17) is 13.9 Å². The van der Waals surface area contributed by atoms with Crippen molar-refractivity contribution in [1.29, 1.82) is 0 Å². The first-order valence-corrected chi connectivity index (χ1v) is 12.6. The number of nitrogens with one attached hydrogen (secondary N) is 1. The first-order chi connectivity index (χ1) is 16.6. The monoisotopic (exact) mass is 500 g/mol. The number of hydrogen-bond donors (Lipinski definition) is 1. The molecule has 0 atom stereocenters.